The number of aldehydes is 1. The van der Waals surface area contributed by atoms with E-state index in [0.717, 1.165) is 23.8 Å². The summed E-state index contributed by atoms with van der Waals surface area (Å²) in [4.78, 5) is 11.4. The highest BCUT2D eigenvalue weighted by Crippen LogP contribution is 2.41. The first-order chi connectivity index (χ1) is 9.62. The molecule has 20 heavy (non-hydrogen) atoms. The average molecular weight is 266 g/mol. The minimum Gasteiger partial charge on any atom is -0.355 e. The maximum Gasteiger partial charge on any atom is 0.153 e. The number of ether oxygens (including phenoxy) is 1. The van der Waals surface area contributed by atoms with Crippen molar-refractivity contribution in [2.75, 3.05) is 0 Å². The Morgan fingerprint density at radius 3 is 2.65 bits per heavy atom. The van der Waals surface area contributed by atoms with Crippen molar-refractivity contribution in [3.63, 3.8) is 0 Å². The number of hydrogen-bond acceptors (Lipinski definition) is 2. The zero-order chi connectivity index (χ0) is 14.2. The summed E-state index contributed by atoms with van der Waals surface area (Å²) in [5.41, 5.74) is 4.08. The quantitative estimate of drug-likeness (QED) is 0.774. The Bertz CT molecular complexity index is 633. The molecule has 0 saturated heterocycles. The number of hydrogen-bond donors (Lipinski definition) is 0. The lowest BCUT2D eigenvalue weighted by atomic mass is 9.82. The van der Waals surface area contributed by atoms with Gasteiger partial charge in [-0.15, -0.1) is 0 Å². The molecule has 2 unspecified atom stereocenters. The van der Waals surface area contributed by atoms with Crippen LogP contribution in [0.25, 0.3) is 0 Å². The molecule has 0 aromatic heterocycles. The Labute approximate surface area is 119 Å². The van der Waals surface area contributed by atoms with Gasteiger partial charge < -0.3 is 9.53 Å². The van der Waals surface area contributed by atoms with Crippen molar-refractivity contribution in [2.45, 2.75) is 32.0 Å². The molecule has 2 aromatic carbocycles. The van der Waals surface area contributed by atoms with E-state index in [0.29, 0.717) is 0 Å². The first-order valence-electron chi connectivity index (χ1n) is 6.90. The van der Waals surface area contributed by atoms with Crippen LogP contribution < -0.4 is 0 Å². The third-order valence-electron chi connectivity index (χ3n) is 4.03. The highest BCUT2D eigenvalue weighted by Gasteiger charge is 2.37. The lowest BCUT2D eigenvalue weighted by molar-refractivity contribution is -0.137. The van der Waals surface area contributed by atoms with Crippen molar-refractivity contribution >= 4 is 6.29 Å². The minimum absolute atomic E-state index is 0.451. The van der Waals surface area contributed by atoms with Crippen molar-refractivity contribution in [1.82, 2.24) is 0 Å². The van der Waals surface area contributed by atoms with Crippen LogP contribution in [0.3, 0.4) is 0 Å². The Morgan fingerprint density at radius 2 is 1.95 bits per heavy atom. The molecule has 0 bridgehead atoms. The second-order valence-corrected chi connectivity index (χ2v) is 5.65. The van der Waals surface area contributed by atoms with Crippen LogP contribution in [-0.4, -0.2) is 6.29 Å². The number of carbonyl (C=O) groups excluding carboxylic acids is 1. The van der Waals surface area contributed by atoms with Crippen LogP contribution in [-0.2, 0) is 21.6 Å². The number of rotatable bonds is 2. The SMILES string of the molecule is Cc1ccc2c(c1)CC(C)(c1ccccc1)OC2C=O. The van der Waals surface area contributed by atoms with E-state index >= 15 is 0 Å². The van der Waals surface area contributed by atoms with Crippen LogP contribution in [0.5, 0.6) is 0 Å². The summed E-state index contributed by atoms with van der Waals surface area (Å²) in [7, 11) is 0. The monoisotopic (exact) mass is 266 g/mol. The molecular formula is C18H18O2. The van der Waals surface area contributed by atoms with E-state index < -0.39 is 11.7 Å². The molecule has 3 rings (SSSR count). The van der Waals surface area contributed by atoms with Gasteiger partial charge in [0.2, 0.25) is 0 Å². The van der Waals surface area contributed by atoms with Gasteiger partial charge in [-0.25, -0.2) is 0 Å². The van der Waals surface area contributed by atoms with E-state index in [1.165, 1.54) is 11.1 Å². The molecule has 1 aliphatic heterocycles. The first-order valence-corrected chi connectivity index (χ1v) is 6.90. The van der Waals surface area contributed by atoms with Crippen LogP contribution in [0.15, 0.2) is 48.5 Å². The Hall–Kier alpha value is -1.93. The molecule has 2 aromatic rings. The van der Waals surface area contributed by atoms with Crippen LogP contribution in [0.4, 0.5) is 0 Å². The van der Waals surface area contributed by atoms with Gasteiger partial charge in [0.05, 0.1) is 5.60 Å². The molecule has 2 heteroatoms. The predicted octanol–water partition coefficient (Wildman–Crippen LogP) is 3.72. The van der Waals surface area contributed by atoms with E-state index in [1.54, 1.807) is 0 Å². The van der Waals surface area contributed by atoms with Gasteiger partial charge in [0.25, 0.3) is 0 Å². The maximum atomic E-state index is 11.4. The summed E-state index contributed by atoms with van der Waals surface area (Å²) >= 11 is 0. The second-order valence-electron chi connectivity index (χ2n) is 5.65. The summed E-state index contributed by atoms with van der Waals surface area (Å²) in [5.74, 6) is 0. The fourth-order valence-corrected chi connectivity index (χ4v) is 2.98. The van der Waals surface area contributed by atoms with E-state index in [4.69, 9.17) is 4.74 Å². The predicted molar refractivity (Wildman–Crippen MR) is 78.6 cm³/mol. The minimum atomic E-state index is -0.482. The summed E-state index contributed by atoms with van der Waals surface area (Å²) in [6, 6.07) is 16.3. The second kappa shape index (κ2) is 4.88. The number of carbonyl (C=O) groups is 1. The molecular weight excluding hydrogens is 248 g/mol. The topological polar surface area (TPSA) is 26.3 Å². The molecule has 2 nitrogen and oxygen atoms in total. The largest absolute Gasteiger partial charge is 0.355 e. The lowest BCUT2D eigenvalue weighted by Crippen LogP contribution is -2.35. The number of aryl methyl sites for hydroxylation is 1. The molecule has 1 aliphatic rings. The summed E-state index contributed by atoms with van der Waals surface area (Å²) in [6.07, 6.45) is 1.21. The van der Waals surface area contributed by atoms with E-state index in [1.807, 2.05) is 30.3 Å². The zero-order valence-corrected chi connectivity index (χ0v) is 11.8. The highest BCUT2D eigenvalue weighted by molar-refractivity contribution is 5.62. The van der Waals surface area contributed by atoms with Crippen LogP contribution in [0.2, 0.25) is 0 Å². The summed E-state index contributed by atoms with van der Waals surface area (Å²) in [6.45, 7) is 4.13. The van der Waals surface area contributed by atoms with Crippen molar-refractivity contribution in [3.8, 4) is 0 Å². The summed E-state index contributed by atoms with van der Waals surface area (Å²) < 4.78 is 6.11. The molecule has 0 fully saturated rings. The van der Waals surface area contributed by atoms with Gasteiger partial charge >= 0.3 is 0 Å². The van der Waals surface area contributed by atoms with Crippen LogP contribution in [0.1, 0.15) is 35.3 Å². The molecule has 0 N–H and O–H groups in total. The van der Waals surface area contributed by atoms with Crippen molar-refractivity contribution < 1.29 is 9.53 Å². The molecule has 1 heterocycles. The standard InChI is InChI=1S/C18H18O2/c1-13-8-9-16-14(10-13)11-18(2,20-17(16)12-19)15-6-4-3-5-7-15/h3-10,12,17H,11H2,1-2H3. The third-order valence-corrected chi connectivity index (χ3v) is 4.03. The van der Waals surface area contributed by atoms with Gasteiger partial charge in [-0.05, 0) is 30.5 Å². The van der Waals surface area contributed by atoms with Crippen LogP contribution in [0, 0.1) is 6.92 Å². The van der Waals surface area contributed by atoms with Crippen LogP contribution >= 0.6 is 0 Å². The lowest BCUT2D eigenvalue weighted by Gasteiger charge is -2.38. The van der Waals surface area contributed by atoms with Gasteiger partial charge in [0.1, 0.15) is 6.10 Å². The van der Waals surface area contributed by atoms with Crippen molar-refractivity contribution in [3.05, 3.63) is 70.8 Å². The number of benzene rings is 2. The third kappa shape index (κ3) is 2.16. The smallest absolute Gasteiger partial charge is 0.153 e. The Balaban J connectivity index is 2.08. The fourth-order valence-electron chi connectivity index (χ4n) is 2.98. The molecule has 102 valence electrons. The van der Waals surface area contributed by atoms with Gasteiger partial charge in [-0.1, -0.05) is 54.1 Å². The van der Waals surface area contributed by atoms with Crippen molar-refractivity contribution in [1.29, 1.82) is 0 Å². The van der Waals surface area contributed by atoms with Gasteiger partial charge in [0.15, 0.2) is 6.29 Å². The highest BCUT2D eigenvalue weighted by atomic mass is 16.5. The number of fused-ring (bicyclic) bond motifs is 1. The molecule has 0 amide bonds. The molecule has 0 spiro atoms. The molecule has 0 radical (unpaired) electrons. The maximum absolute atomic E-state index is 11.4. The molecule has 0 saturated carbocycles. The van der Waals surface area contributed by atoms with Crippen molar-refractivity contribution in [2.24, 2.45) is 0 Å². The zero-order valence-electron chi connectivity index (χ0n) is 11.8. The van der Waals surface area contributed by atoms with E-state index in [-0.39, 0.29) is 0 Å². The Morgan fingerprint density at radius 1 is 1.20 bits per heavy atom. The van der Waals surface area contributed by atoms with Gasteiger partial charge in [0, 0.05) is 6.42 Å². The van der Waals surface area contributed by atoms with Gasteiger partial charge in [-0.2, -0.15) is 0 Å². The molecule has 2 atom stereocenters. The van der Waals surface area contributed by atoms with E-state index in [9.17, 15) is 4.79 Å². The normalized spacial score (nSPS) is 25.0. The Kier molecular flexibility index (Phi) is 3.19. The molecule has 0 aliphatic carbocycles. The van der Waals surface area contributed by atoms with E-state index in [2.05, 4.69) is 32.0 Å². The summed E-state index contributed by atoms with van der Waals surface area (Å²) in [5, 5.41) is 0. The van der Waals surface area contributed by atoms with Gasteiger partial charge in [-0.3, -0.25) is 0 Å². The first kappa shape index (κ1) is 13.1. The fraction of sp³-hybridized carbons (Fsp3) is 0.278. The average Bonchev–Trinajstić information content (AvgIpc) is 2.47.